The summed E-state index contributed by atoms with van der Waals surface area (Å²) >= 11 is 0. The van der Waals surface area contributed by atoms with Gasteiger partial charge in [0.05, 0.1) is 11.3 Å². The van der Waals surface area contributed by atoms with E-state index in [1.54, 1.807) is 6.07 Å². The lowest BCUT2D eigenvalue weighted by molar-refractivity contribution is 0.0946. The number of para-hydroxylation sites is 1. The van der Waals surface area contributed by atoms with Gasteiger partial charge in [-0.05, 0) is 12.1 Å². The van der Waals surface area contributed by atoms with Gasteiger partial charge in [0, 0.05) is 5.56 Å². The third-order valence-electron chi connectivity index (χ3n) is 2.72. The fraction of sp³-hybridized carbons (Fsp3) is 0. The number of hydrogen-bond acceptors (Lipinski definition) is 3. The summed E-state index contributed by atoms with van der Waals surface area (Å²) in [6, 6.07) is 16.9. The number of amidine groups is 1. The Balaban J connectivity index is 2.10. The van der Waals surface area contributed by atoms with Gasteiger partial charge in [0.15, 0.2) is 5.84 Å². The molecule has 3 rings (SSSR count). The van der Waals surface area contributed by atoms with E-state index in [0.29, 0.717) is 17.1 Å². The van der Waals surface area contributed by atoms with E-state index in [1.807, 2.05) is 48.5 Å². The highest BCUT2D eigenvalue weighted by Crippen LogP contribution is 2.20. The first-order valence-corrected chi connectivity index (χ1v) is 5.64. The van der Waals surface area contributed by atoms with Crippen molar-refractivity contribution in [3.05, 3.63) is 65.7 Å². The molecule has 88 valence electrons. The topological polar surface area (TPSA) is 53.5 Å². The maximum atomic E-state index is 11.8. The Kier molecular flexibility index (Phi) is 2.53. The number of benzene rings is 2. The molecule has 4 nitrogen and oxygen atoms in total. The first kappa shape index (κ1) is 10.5. The zero-order valence-electron chi connectivity index (χ0n) is 9.55. The minimum absolute atomic E-state index is 0.180. The number of nitrogens with zero attached hydrogens (tertiary/aromatic N) is 1. The van der Waals surface area contributed by atoms with Crippen molar-refractivity contribution < 1.29 is 4.79 Å². The maximum Gasteiger partial charge on any atom is 0.271 e. The van der Waals surface area contributed by atoms with Crippen LogP contribution >= 0.6 is 0 Å². The summed E-state index contributed by atoms with van der Waals surface area (Å²) in [7, 11) is 0. The molecule has 0 radical (unpaired) electrons. The van der Waals surface area contributed by atoms with Crippen LogP contribution in [-0.4, -0.2) is 11.7 Å². The van der Waals surface area contributed by atoms with Gasteiger partial charge in [0.1, 0.15) is 0 Å². The van der Waals surface area contributed by atoms with Gasteiger partial charge in [-0.25, -0.2) is 4.99 Å². The maximum absolute atomic E-state index is 11.8. The third-order valence-corrected chi connectivity index (χ3v) is 2.72. The molecule has 2 aromatic rings. The summed E-state index contributed by atoms with van der Waals surface area (Å²) < 4.78 is 0. The molecular weight excluding hydrogens is 226 g/mol. The van der Waals surface area contributed by atoms with E-state index in [2.05, 4.69) is 15.8 Å². The largest absolute Gasteiger partial charge is 0.281 e. The Bertz CT molecular complexity index is 620. The number of amides is 1. The van der Waals surface area contributed by atoms with Crippen molar-refractivity contribution in [1.29, 1.82) is 0 Å². The van der Waals surface area contributed by atoms with Crippen LogP contribution in [0.15, 0.2) is 59.6 Å². The molecule has 0 unspecified atom stereocenters. The Morgan fingerprint density at radius 3 is 2.39 bits per heavy atom. The van der Waals surface area contributed by atoms with E-state index in [9.17, 15) is 4.79 Å². The Labute approximate surface area is 104 Å². The van der Waals surface area contributed by atoms with Crippen LogP contribution < -0.4 is 10.9 Å². The predicted molar refractivity (Wildman–Crippen MR) is 69.7 cm³/mol. The van der Waals surface area contributed by atoms with Gasteiger partial charge < -0.3 is 0 Å². The van der Waals surface area contributed by atoms with Crippen LogP contribution in [0.2, 0.25) is 0 Å². The average Bonchev–Trinajstić information content (AvgIpc) is 2.60. The van der Waals surface area contributed by atoms with Crippen molar-refractivity contribution in [3.8, 4) is 0 Å². The lowest BCUT2D eigenvalue weighted by atomic mass is 10.1. The normalized spacial score (nSPS) is 13.8. The number of fused-ring (bicyclic) bond motifs is 1. The fourth-order valence-electron chi connectivity index (χ4n) is 1.83. The first-order valence-electron chi connectivity index (χ1n) is 5.64. The molecule has 0 fully saturated rings. The number of hydrazine groups is 1. The van der Waals surface area contributed by atoms with Crippen LogP contribution in [0.3, 0.4) is 0 Å². The van der Waals surface area contributed by atoms with Gasteiger partial charge >= 0.3 is 0 Å². The van der Waals surface area contributed by atoms with E-state index < -0.39 is 0 Å². The van der Waals surface area contributed by atoms with E-state index in [-0.39, 0.29) is 5.91 Å². The molecule has 4 heteroatoms. The standard InChI is InChI=1S/C14H11N3O/c18-14-11-8-4-5-9-12(11)15-13(16-17-14)10-6-2-1-3-7-10/h1-9H,(H,15,16)(H,17,18). The molecule has 2 N–H and O–H groups in total. The molecule has 0 atom stereocenters. The number of hydrogen-bond donors (Lipinski definition) is 2. The second-order valence-corrected chi connectivity index (χ2v) is 3.92. The van der Waals surface area contributed by atoms with Gasteiger partial charge in [-0.3, -0.25) is 15.6 Å². The van der Waals surface area contributed by atoms with Crippen LogP contribution in [-0.2, 0) is 0 Å². The summed E-state index contributed by atoms with van der Waals surface area (Å²) in [6.45, 7) is 0. The summed E-state index contributed by atoms with van der Waals surface area (Å²) in [4.78, 5) is 16.3. The number of carbonyl (C=O) groups is 1. The highest BCUT2D eigenvalue weighted by molar-refractivity contribution is 6.07. The Hall–Kier alpha value is -2.62. The highest BCUT2D eigenvalue weighted by atomic mass is 16.2. The number of rotatable bonds is 1. The monoisotopic (exact) mass is 237 g/mol. The van der Waals surface area contributed by atoms with Crippen molar-refractivity contribution >= 4 is 17.4 Å². The van der Waals surface area contributed by atoms with Gasteiger partial charge in [-0.15, -0.1) is 0 Å². The van der Waals surface area contributed by atoms with Gasteiger partial charge in [-0.1, -0.05) is 42.5 Å². The molecule has 0 spiro atoms. The molecule has 1 amide bonds. The molecule has 0 aromatic heterocycles. The molecule has 0 bridgehead atoms. The van der Waals surface area contributed by atoms with Gasteiger partial charge in [0.25, 0.3) is 5.91 Å². The summed E-state index contributed by atoms with van der Waals surface area (Å²) in [5.74, 6) is 0.453. The molecular formula is C14H11N3O. The van der Waals surface area contributed by atoms with E-state index in [0.717, 1.165) is 5.56 Å². The van der Waals surface area contributed by atoms with Crippen molar-refractivity contribution in [3.63, 3.8) is 0 Å². The minimum Gasteiger partial charge on any atom is -0.281 e. The lowest BCUT2D eigenvalue weighted by Crippen LogP contribution is -2.40. The second-order valence-electron chi connectivity index (χ2n) is 3.92. The fourth-order valence-corrected chi connectivity index (χ4v) is 1.83. The molecule has 0 aliphatic carbocycles. The average molecular weight is 237 g/mol. The SMILES string of the molecule is O=C1NNC(c2ccccc2)=Nc2ccccc21. The van der Waals surface area contributed by atoms with Crippen LogP contribution in [0.5, 0.6) is 0 Å². The highest BCUT2D eigenvalue weighted by Gasteiger charge is 2.16. The second kappa shape index (κ2) is 4.33. The molecule has 1 aliphatic heterocycles. The predicted octanol–water partition coefficient (Wildman–Crippen LogP) is 2.01. The smallest absolute Gasteiger partial charge is 0.271 e. The first-order chi connectivity index (χ1) is 8.84. The summed E-state index contributed by atoms with van der Waals surface area (Å²) in [5.41, 5.74) is 7.63. The molecule has 18 heavy (non-hydrogen) atoms. The van der Waals surface area contributed by atoms with E-state index in [1.165, 1.54) is 0 Å². The Morgan fingerprint density at radius 1 is 0.833 bits per heavy atom. The minimum atomic E-state index is -0.180. The van der Waals surface area contributed by atoms with Crippen molar-refractivity contribution in [1.82, 2.24) is 10.9 Å². The zero-order chi connectivity index (χ0) is 12.4. The lowest BCUT2D eigenvalue weighted by Gasteiger charge is -2.07. The van der Waals surface area contributed by atoms with Gasteiger partial charge in [-0.2, -0.15) is 0 Å². The quantitative estimate of drug-likeness (QED) is 0.797. The third kappa shape index (κ3) is 1.84. The van der Waals surface area contributed by atoms with Crippen LogP contribution in [0, 0.1) is 0 Å². The molecule has 1 heterocycles. The molecule has 1 aliphatic rings. The van der Waals surface area contributed by atoms with Crippen LogP contribution in [0.1, 0.15) is 15.9 Å². The van der Waals surface area contributed by atoms with Crippen molar-refractivity contribution in [2.24, 2.45) is 4.99 Å². The Morgan fingerprint density at radius 2 is 1.56 bits per heavy atom. The van der Waals surface area contributed by atoms with Crippen molar-refractivity contribution in [2.45, 2.75) is 0 Å². The van der Waals surface area contributed by atoms with Crippen LogP contribution in [0.4, 0.5) is 5.69 Å². The van der Waals surface area contributed by atoms with E-state index in [4.69, 9.17) is 0 Å². The van der Waals surface area contributed by atoms with Gasteiger partial charge in [0.2, 0.25) is 0 Å². The van der Waals surface area contributed by atoms with Crippen molar-refractivity contribution in [2.75, 3.05) is 0 Å². The zero-order valence-corrected chi connectivity index (χ0v) is 9.55. The summed E-state index contributed by atoms with van der Waals surface area (Å²) in [5, 5.41) is 0. The number of aliphatic imine (C=N–C) groups is 1. The molecule has 0 saturated carbocycles. The number of carbonyl (C=O) groups excluding carboxylic acids is 1. The molecule has 0 saturated heterocycles. The molecule has 2 aromatic carbocycles. The number of nitrogens with one attached hydrogen (secondary N) is 2. The van der Waals surface area contributed by atoms with E-state index >= 15 is 0 Å². The summed E-state index contributed by atoms with van der Waals surface area (Å²) in [6.07, 6.45) is 0. The van der Waals surface area contributed by atoms with Crippen LogP contribution in [0.25, 0.3) is 0 Å².